The minimum atomic E-state index is -0.0632. The zero-order chi connectivity index (χ0) is 13.3. The molecule has 2 rings (SSSR count). The van der Waals surface area contributed by atoms with E-state index in [4.69, 9.17) is 0 Å². The average molecular weight is 253 g/mol. The largest absolute Gasteiger partial charge is 0.393 e. The molecule has 0 aromatic carbocycles. The van der Waals surface area contributed by atoms with Crippen molar-refractivity contribution in [2.75, 3.05) is 6.54 Å². The topological polar surface area (TPSA) is 23.5 Å². The summed E-state index contributed by atoms with van der Waals surface area (Å²) in [5.74, 6) is 0.756. The van der Waals surface area contributed by atoms with Crippen LogP contribution in [0.5, 0.6) is 0 Å². The monoisotopic (exact) mass is 253 g/mol. The van der Waals surface area contributed by atoms with Crippen molar-refractivity contribution in [3.8, 4) is 0 Å². The lowest BCUT2D eigenvalue weighted by Crippen LogP contribution is -2.51. The van der Waals surface area contributed by atoms with Crippen LogP contribution in [0, 0.1) is 11.3 Å². The van der Waals surface area contributed by atoms with Gasteiger partial charge in [0.2, 0.25) is 0 Å². The molecule has 0 bridgehead atoms. The van der Waals surface area contributed by atoms with Gasteiger partial charge in [-0.15, -0.1) is 0 Å². The molecule has 1 N–H and O–H groups in total. The highest BCUT2D eigenvalue weighted by atomic mass is 16.3. The van der Waals surface area contributed by atoms with Gasteiger partial charge in [0, 0.05) is 12.1 Å². The Morgan fingerprint density at radius 3 is 2.28 bits per heavy atom. The molecule has 2 heteroatoms. The van der Waals surface area contributed by atoms with Crippen LogP contribution in [0.3, 0.4) is 0 Å². The minimum absolute atomic E-state index is 0.0632. The molecule has 106 valence electrons. The molecule has 2 fully saturated rings. The quantitative estimate of drug-likeness (QED) is 0.811. The van der Waals surface area contributed by atoms with Crippen molar-refractivity contribution >= 4 is 0 Å². The number of aliphatic hydroxyl groups is 1. The molecule has 18 heavy (non-hydrogen) atoms. The first kappa shape index (κ1) is 14.3. The molecule has 0 spiro atoms. The Hall–Kier alpha value is -0.0800. The van der Waals surface area contributed by atoms with E-state index >= 15 is 0 Å². The first-order valence-electron chi connectivity index (χ1n) is 7.93. The Morgan fingerprint density at radius 1 is 1.11 bits per heavy atom. The highest BCUT2D eigenvalue weighted by Gasteiger charge is 2.44. The molecule has 2 aliphatic carbocycles. The second-order valence-corrected chi connectivity index (χ2v) is 7.04. The molecule has 0 saturated heterocycles. The van der Waals surface area contributed by atoms with Crippen LogP contribution in [0.1, 0.15) is 66.2 Å². The van der Waals surface area contributed by atoms with E-state index in [9.17, 15) is 5.11 Å². The van der Waals surface area contributed by atoms with Crippen LogP contribution in [-0.4, -0.2) is 34.7 Å². The molecule has 0 aliphatic heterocycles. The number of nitrogens with zero attached hydrogens (tertiary/aromatic N) is 1. The zero-order valence-electron chi connectivity index (χ0n) is 12.7. The summed E-state index contributed by atoms with van der Waals surface area (Å²) in [6, 6.07) is 1.43. The number of rotatable bonds is 5. The second kappa shape index (κ2) is 5.50. The fraction of sp³-hybridized carbons (Fsp3) is 1.00. The van der Waals surface area contributed by atoms with Crippen molar-refractivity contribution in [2.24, 2.45) is 11.3 Å². The van der Waals surface area contributed by atoms with Gasteiger partial charge in [-0.2, -0.15) is 0 Å². The molecule has 0 radical (unpaired) electrons. The SMILES string of the molecule is CCN(C1CC1)C1CC(O)CCC1C(C)(C)CC. The van der Waals surface area contributed by atoms with Crippen LogP contribution in [0.2, 0.25) is 0 Å². The van der Waals surface area contributed by atoms with E-state index in [1.54, 1.807) is 0 Å². The zero-order valence-corrected chi connectivity index (χ0v) is 12.7. The summed E-state index contributed by atoms with van der Waals surface area (Å²) >= 11 is 0. The maximum atomic E-state index is 10.1. The standard InChI is InChI=1S/C16H31NO/c1-5-16(3,4)14-10-9-13(18)11-15(14)17(6-2)12-7-8-12/h12-15,18H,5-11H2,1-4H3. The van der Waals surface area contributed by atoms with E-state index in [-0.39, 0.29) is 6.10 Å². The van der Waals surface area contributed by atoms with Crippen LogP contribution in [0.25, 0.3) is 0 Å². The van der Waals surface area contributed by atoms with Gasteiger partial charge in [0.05, 0.1) is 6.10 Å². The smallest absolute Gasteiger partial charge is 0.0555 e. The van der Waals surface area contributed by atoms with Crippen LogP contribution >= 0.6 is 0 Å². The Labute approximate surface area is 113 Å². The summed E-state index contributed by atoms with van der Waals surface area (Å²) < 4.78 is 0. The van der Waals surface area contributed by atoms with Crippen molar-refractivity contribution in [3.05, 3.63) is 0 Å². The summed E-state index contributed by atoms with van der Waals surface area (Å²) in [4.78, 5) is 2.70. The molecule has 0 amide bonds. The van der Waals surface area contributed by atoms with Crippen molar-refractivity contribution in [3.63, 3.8) is 0 Å². The van der Waals surface area contributed by atoms with E-state index in [0.29, 0.717) is 11.5 Å². The first-order chi connectivity index (χ1) is 8.49. The highest BCUT2D eigenvalue weighted by molar-refractivity contribution is 4.97. The summed E-state index contributed by atoms with van der Waals surface area (Å²) in [6.07, 6.45) is 7.14. The van der Waals surface area contributed by atoms with Crippen LogP contribution < -0.4 is 0 Å². The van der Waals surface area contributed by atoms with E-state index in [1.807, 2.05) is 0 Å². The Balaban J connectivity index is 2.14. The van der Waals surface area contributed by atoms with Crippen LogP contribution in [-0.2, 0) is 0 Å². The Kier molecular flexibility index (Phi) is 4.38. The van der Waals surface area contributed by atoms with Crippen LogP contribution in [0.15, 0.2) is 0 Å². The van der Waals surface area contributed by atoms with Gasteiger partial charge < -0.3 is 5.11 Å². The first-order valence-corrected chi connectivity index (χ1v) is 7.93. The molecule has 0 aromatic rings. The molecule has 2 aliphatic rings. The van der Waals surface area contributed by atoms with Gasteiger partial charge >= 0.3 is 0 Å². The predicted octanol–water partition coefficient (Wildman–Crippen LogP) is 3.44. The molecular weight excluding hydrogens is 222 g/mol. The molecule has 0 heterocycles. The molecule has 2 saturated carbocycles. The van der Waals surface area contributed by atoms with E-state index in [1.165, 1.54) is 25.7 Å². The van der Waals surface area contributed by atoms with E-state index < -0.39 is 0 Å². The highest BCUT2D eigenvalue weighted by Crippen LogP contribution is 2.45. The summed E-state index contributed by atoms with van der Waals surface area (Å²) in [5, 5.41) is 10.1. The summed E-state index contributed by atoms with van der Waals surface area (Å²) in [7, 11) is 0. The Bertz CT molecular complexity index is 272. The van der Waals surface area contributed by atoms with Gasteiger partial charge in [-0.05, 0) is 50.0 Å². The van der Waals surface area contributed by atoms with Crippen molar-refractivity contribution < 1.29 is 5.11 Å². The maximum absolute atomic E-state index is 10.1. The molecule has 3 atom stereocenters. The normalized spacial score (nSPS) is 34.0. The van der Waals surface area contributed by atoms with E-state index in [2.05, 4.69) is 32.6 Å². The van der Waals surface area contributed by atoms with Gasteiger partial charge in [0.1, 0.15) is 0 Å². The lowest BCUT2D eigenvalue weighted by atomic mass is 9.66. The molecule has 2 nitrogen and oxygen atoms in total. The minimum Gasteiger partial charge on any atom is -0.393 e. The third-order valence-electron chi connectivity index (χ3n) is 5.51. The van der Waals surface area contributed by atoms with Gasteiger partial charge in [-0.1, -0.05) is 34.1 Å². The van der Waals surface area contributed by atoms with Gasteiger partial charge in [0.15, 0.2) is 0 Å². The van der Waals surface area contributed by atoms with E-state index in [0.717, 1.165) is 31.3 Å². The van der Waals surface area contributed by atoms with Crippen LogP contribution in [0.4, 0.5) is 0 Å². The molecular formula is C16H31NO. The van der Waals surface area contributed by atoms with Crippen molar-refractivity contribution in [1.82, 2.24) is 4.90 Å². The lowest BCUT2D eigenvalue weighted by molar-refractivity contribution is -0.0196. The number of hydrogen-bond acceptors (Lipinski definition) is 2. The van der Waals surface area contributed by atoms with Crippen molar-refractivity contribution in [1.29, 1.82) is 0 Å². The number of hydrogen-bond donors (Lipinski definition) is 1. The van der Waals surface area contributed by atoms with Crippen molar-refractivity contribution in [2.45, 2.75) is 84.4 Å². The third-order valence-corrected chi connectivity index (χ3v) is 5.51. The van der Waals surface area contributed by atoms with Gasteiger partial charge in [-0.25, -0.2) is 0 Å². The Morgan fingerprint density at radius 2 is 1.78 bits per heavy atom. The summed E-state index contributed by atoms with van der Waals surface area (Å²) in [6.45, 7) is 10.6. The fourth-order valence-electron chi connectivity index (χ4n) is 3.84. The molecule has 0 aromatic heterocycles. The van der Waals surface area contributed by atoms with Gasteiger partial charge in [0.25, 0.3) is 0 Å². The van der Waals surface area contributed by atoms with Gasteiger partial charge in [-0.3, -0.25) is 4.90 Å². The lowest BCUT2D eigenvalue weighted by Gasteiger charge is -2.48. The maximum Gasteiger partial charge on any atom is 0.0555 e. The second-order valence-electron chi connectivity index (χ2n) is 7.04. The fourth-order valence-corrected chi connectivity index (χ4v) is 3.84. The third kappa shape index (κ3) is 2.91. The predicted molar refractivity (Wildman–Crippen MR) is 76.6 cm³/mol. The number of aliphatic hydroxyl groups excluding tert-OH is 1. The molecule has 3 unspecified atom stereocenters. The average Bonchev–Trinajstić information content (AvgIpc) is 3.14. The summed E-state index contributed by atoms with van der Waals surface area (Å²) in [5.41, 5.74) is 0.410.